The average molecular weight is 676 g/mol. The molecule has 4 aromatic rings. The van der Waals surface area contributed by atoms with Gasteiger partial charge in [-0.3, -0.25) is 9.59 Å². The molecule has 1 aliphatic rings. The minimum absolute atomic E-state index is 0.0390. The number of amides is 4. The summed E-state index contributed by atoms with van der Waals surface area (Å²) in [7, 11) is 2.00. The summed E-state index contributed by atoms with van der Waals surface area (Å²) in [6.45, 7) is 2.81. The molecule has 14 nitrogen and oxygen atoms in total. The summed E-state index contributed by atoms with van der Waals surface area (Å²) in [5, 5.41) is 28.1. The van der Waals surface area contributed by atoms with Gasteiger partial charge in [0.2, 0.25) is 11.8 Å². The lowest BCUT2D eigenvalue weighted by Gasteiger charge is -2.32. The summed E-state index contributed by atoms with van der Waals surface area (Å²) in [6, 6.07) is 13.9. The van der Waals surface area contributed by atoms with Crippen LogP contribution in [0.2, 0.25) is 5.02 Å². The highest BCUT2D eigenvalue weighted by molar-refractivity contribution is 6.31. The number of benzene rings is 3. The number of hydrogen-bond acceptors (Lipinski definition) is 8. The van der Waals surface area contributed by atoms with Crippen molar-refractivity contribution in [2.75, 3.05) is 43.9 Å². The predicted octanol–water partition coefficient (Wildman–Crippen LogP) is 3.31. The Morgan fingerprint density at radius 1 is 0.958 bits per heavy atom. The van der Waals surface area contributed by atoms with E-state index in [1.54, 1.807) is 29.2 Å². The molecule has 0 bridgehead atoms. The number of carboxylic acids is 1. The van der Waals surface area contributed by atoms with Gasteiger partial charge in [-0.2, -0.15) is 4.68 Å². The summed E-state index contributed by atoms with van der Waals surface area (Å²) >= 11 is 5.98. The Balaban J connectivity index is 1.32. The molecule has 5 rings (SSSR count). The number of urea groups is 1. The number of carbonyl (C=O) groups excluding carboxylic acids is 3. The van der Waals surface area contributed by atoms with Gasteiger partial charge in [0.05, 0.1) is 16.3 Å². The van der Waals surface area contributed by atoms with Gasteiger partial charge >= 0.3 is 12.0 Å². The number of nitrogens with one attached hydrogen (secondary N) is 3. The highest BCUT2D eigenvalue weighted by atomic mass is 35.5. The Labute approximate surface area is 279 Å². The van der Waals surface area contributed by atoms with Crippen LogP contribution in [0.15, 0.2) is 73.1 Å². The minimum Gasteiger partial charge on any atom is -0.478 e. The van der Waals surface area contributed by atoms with Crippen molar-refractivity contribution < 1.29 is 28.7 Å². The second-order valence-corrected chi connectivity index (χ2v) is 11.3. The molecule has 248 valence electrons. The van der Waals surface area contributed by atoms with Crippen LogP contribution in [0, 0.1) is 5.82 Å². The van der Waals surface area contributed by atoms with Gasteiger partial charge in [-0.05, 0) is 77.6 Å². The van der Waals surface area contributed by atoms with Gasteiger partial charge in [-0.1, -0.05) is 23.7 Å². The third-order valence-corrected chi connectivity index (χ3v) is 7.87. The fourth-order valence-corrected chi connectivity index (χ4v) is 5.04. The van der Waals surface area contributed by atoms with E-state index in [1.807, 2.05) is 7.05 Å². The number of piperazine rings is 1. The molecule has 0 aliphatic carbocycles. The molecule has 1 fully saturated rings. The average Bonchev–Trinajstić information content (AvgIpc) is 3.61. The Bertz CT molecular complexity index is 1810. The first kappa shape index (κ1) is 33.7. The molecule has 1 unspecified atom stereocenters. The first-order valence-corrected chi connectivity index (χ1v) is 15.1. The first-order chi connectivity index (χ1) is 23.1. The molecule has 0 radical (unpaired) electrons. The SMILES string of the molecule is CN1CCN(C(=O)Nc2ccc(CC(NC(=O)/C=C/c3c(-n4cnnn4)ccc(Cl)c3F)C(=O)Nc3ccc(C(=O)O)cc3)cc2)CC1. The van der Waals surface area contributed by atoms with Crippen LogP contribution in [0.1, 0.15) is 21.5 Å². The van der Waals surface area contributed by atoms with E-state index in [-0.39, 0.29) is 34.3 Å². The first-order valence-electron chi connectivity index (χ1n) is 14.7. The van der Waals surface area contributed by atoms with Crippen LogP contribution in [0.3, 0.4) is 0 Å². The molecule has 3 aromatic carbocycles. The molecule has 16 heteroatoms. The van der Waals surface area contributed by atoms with Crippen LogP contribution in [-0.2, 0) is 16.0 Å². The number of tetrazole rings is 1. The smallest absolute Gasteiger partial charge is 0.335 e. The number of aromatic nitrogens is 4. The van der Waals surface area contributed by atoms with Gasteiger partial charge in [0, 0.05) is 55.6 Å². The number of hydrogen-bond donors (Lipinski definition) is 4. The largest absolute Gasteiger partial charge is 0.478 e. The van der Waals surface area contributed by atoms with Gasteiger partial charge in [-0.25, -0.2) is 14.0 Å². The molecule has 48 heavy (non-hydrogen) atoms. The van der Waals surface area contributed by atoms with Crippen molar-refractivity contribution in [3.05, 3.63) is 101 Å². The van der Waals surface area contributed by atoms with Crippen molar-refractivity contribution in [3.8, 4) is 5.69 Å². The van der Waals surface area contributed by atoms with Crippen molar-refractivity contribution in [1.82, 2.24) is 35.3 Å². The fourth-order valence-electron chi connectivity index (χ4n) is 4.87. The molecular weight excluding hydrogens is 645 g/mol. The summed E-state index contributed by atoms with van der Waals surface area (Å²) in [5.41, 5.74) is 1.76. The Hall–Kier alpha value is -5.67. The van der Waals surface area contributed by atoms with Gasteiger partial charge in [0.1, 0.15) is 12.4 Å². The van der Waals surface area contributed by atoms with Crippen molar-refractivity contribution in [3.63, 3.8) is 0 Å². The summed E-state index contributed by atoms with van der Waals surface area (Å²) in [6.07, 6.45) is 3.56. The molecule has 0 saturated carbocycles. The monoisotopic (exact) mass is 675 g/mol. The van der Waals surface area contributed by atoms with E-state index >= 15 is 4.39 Å². The van der Waals surface area contributed by atoms with Crippen molar-refractivity contribution in [2.45, 2.75) is 12.5 Å². The molecular formula is C32H31ClFN9O5. The van der Waals surface area contributed by atoms with E-state index in [0.717, 1.165) is 19.2 Å². The number of carbonyl (C=O) groups is 4. The van der Waals surface area contributed by atoms with Crippen LogP contribution in [0.5, 0.6) is 0 Å². The second kappa shape index (κ2) is 15.3. The molecule has 2 heterocycles. The van der Waals surface area contributed by atoms with Crippen LogP contribution in [0.25, 0.3) is 11.8 Å². The maximum Gasteiger partial charge on any atom is 0.335 e. The molecule has 1 saturated heterocycles. The number of rotatable bonds is 10. The molecule has 4 N–H and O–H groups in total. The predicted molar refractivity (Wildman–Crippen MR) is 175 cm³/mol. The van der Waals surface area contributed by atoms with Gasteiger partial charge < -0.3 is 30.9 Å². The lowest BCUT2D eigenvalue weighted by Crippen LogP contribution is -2.48. The topological polar surface area (TPSA) is 175 Å². The Morgan fingerprint density at radius 3 is 2.27 bits per heavy atom. The van der Waals surface area contributed by atoms with Crippen molar-refractivity contribution in [2.24, 2.45) is 0 Å². The van der Waals surface area contributed by atoms with E-state index in [0.29, 0.717) is 30.0 Å². The Morgan fingerprint density at radius 2 is 1.62 bits per heavy atom. The minimum atomic E-state index is -1.12. The normalized spacial score (nSPS) is 14.0. The van der Waals surface area contributed by atoms with E-state index in [1.165, 1.54) is 53.5 Å². The number of anilines is 2. The van der Waals surface area contributed by atoms with Crippen LogP contribution in [-0.4, -0.2) is 98.2 Å². The highest BCUT2D eigenvalue weighted by Gasteiger charge is 2.23. The zero-order valence-electron chi connectivity index (χ0n) is 25.6. The van der Waals surface area contributed by atoms with Crippen LogP contribution in [0.4, 0.5) is 20.6 Å². The number of aromatic carboxylic acids is 1. The summed E-state index contributed by atoms with van der Waals surface area (Å²) in [4.78, 5) is 54.4. The number of likely N-dealkylation sites (N-methyl/N-ethyl adjacent to an activating group) is 1. The zero-order valence-corrected chi connectivity index (χ0v) is 26.4. The number of halogens is 2. The van der Waals surface area contributed by atoms with E-state index < -0.39 is 29.6 Å². The summed E-state index contributed by atoms with van der Waals surface area (Å²) < 4.78 is 16.2. The molecule has 4 amide bonds. The van der Waals surface area contributed by atoms with Crippen molar-refractivity contribution >= 4 is 52.9 Å². The quantitative estimate of drug-likeness (QED) is 0.184. The molecule has 1 aliphatic heterocycles. The number of nitrogens with zero attached hydrogens (tertiary/aromatic N) is 6. The van der Waals surface area contributed by atoms with Crippen LogP contribution >= 0.6 is 11.6 Å². The lowest BCUT2D eigenvalue weighted by molar-refractivity contribution is -0.123. The van der Waals surface area contributed by atoms with Crippen molar-refractivity contribution in [1.29, 1.82) is 0 Å². The maximum atomic E-state index is 15.0. The molecule has 1 atom stereocenters. The summed E-state index contributed by atoms with van der Waals surface area (Å²) in [5.74, 6) is -3.22. The fraction of sp³-hybridized carbons (Fsp3) is 0.219. The molecule has 0 spiro atoms. The van der Waals surface area contributed by atoms with Crippen LogP contribution < -0.4 is 16.0 Å². The lowest BCUT2D eigenvalue weighted by atomic mass is 10.0. The van der Waals surface area contributed by atoms with E-state index in [9.17, 15) is 24.3 Å². The number of carboxylic acid groups (broad SMARTS) is 1. The zero-order chi connectivity index (χ0) is 34.2. The van der Waals surface area contributed by atoms with Gasteiger partial charge in [0.15, 0.2) is 5.82 Å². The van der Waals surface area contributed by atoms with E-state index in [4.69, 9.17) is 11.6 Å². The maximum absolute atomic E-state index is 15.0. The standard InChI is InChI=1S/C32H31ClFN9O5/c1-41-14-16-42(17-15-41)32(48)37-23-6-2-20(3-7-23)18-26(30(45)36-22-8-4-21(5-9-22)31(46)47)38-28(44)13-10-24-27(43-19-35-39-40-43)12-11-25(33)29(24)34/h2-13,19,26H,14-18H2,1H3,(H,36,45)(H,37,48)(H,38,44)(H,46,47)/b13-10+. The van der Waals surface area contributed by atoms with Gasteiger partial charge in [0.25, 0.3) is 0 Å². The van der Waals surface area contributed by atoms with E-state index in [2.05, 4.69) is 36.4 Å². The third kappa shape index (κ3) is 8.57. The molecule has 1 aromatic heterocycles. The Kier molecular flexibility index (Phi) is 10.7. The third-order valence-electron chi connectivity index (χ3n) is 7.57. The van der Waals surface area contributed by atoms with Gasteiger partial charge in [-0.15, -0.1) is 5.10 Å². The highest BCUT2D eigenvalue weighted by Crippen LogP contribution is 2.25. The second-order valence-electron chi connectivity index (χ2n) is 10.9.